The van der Waals surface area contributed by atoms with Gasteiger partial charge in [0.2, 0.25) is 0 Å². The lowest BCUT2D eigenvalue weighted by Gasteiger charge is -2.25. The summed E-state index contributed by atoms with van der Waals surface area (Å²) < 4.78 is 8.98. The SMILES string of the molecule is Cc1ncnc2c1ccn2[C@@H]1C[C@H](Oc2cccc3c2CNCC3)[C@@H](C)[C@H]1C. The predicted octanol–water partition coefficient (Wildman–Crippen LogP) is 4.05. The zero-order valence-corrected chi connectivity index (χ0v) is 16.9. The van der Waals surface area contributed by atoms with Crippen molar-refractivity contribution in [1.29, 1.82) is 0 Å². The summed E-state index contributed by atoms with van der Waals surface area (Å²) in [5.74, 6) is 2.07. The third kappa shape index (κ3) is 2.80. The van der Waals surface area contributed by atoms with E-state index in [1.165, 1.54) is 11.1 Å². The normalized spacial score (nSPS) is 27.1. The quantitative estimate of drug-likeness (QED) is 0.749. The number of aryl methyl sites for hydroxylation is 1. The fourth-order valence-corrected chi connectivity index (χ4v) is 5.00. The van der Waals surface area contributed by atoms with Crippen molar-refractivity contribution >= 4 is 11.0 Å². The second-order valence-corrected chi connectivity index (χ2v) is 8.42. The second kappa shape index (κ2) is 6.89. The van der Waals surface area contributed by atoms with Crippen LogP contribution in [0.15, 0.2) is 36.8 Å². The Morgan fingerprint density at radius 3 is 2.93 bits per heavy atom. The van der Waals surface area contributed by atoms with E-state index in [1.54, 1.807) is 6.33 Å². The number of hydrogen-bond acceptors (Lipinski definition) is 4. The van der Waals surface area contributed by atoms with Gasteiger partial charge in [-0.15, -0.1) is 0 Å². The first-order chi connectivity index (χ1) is 13.6. The molecule has 3 aromatic rings. The highest BCUT2D eigenvalue weighted by molar-refractivity contribution is 5.78. The van der Waals surface area contributed by atoms with Crippen LogP contribution in [-0.4, -0.2) is 27.2 Å². The molecule has 1 aliphatic carbocycles. The van der Waals surface area contributed by atoms with E-state index in [9.17, 15) is 0 Å². The molecule has 0 bridgehead atoms. The van der Waals surface area contributed by atoms with Crippen LogP contribution in [0.2, 0.25) is 0 Å². The lowest BCUT2D eigenvalue weighted by atomic mass is 9.96. The molecule has 3 heterocycles. The number of aromatic nitrogens is 3. The van der Waals surface area contributed by atoms with Gasteiger partial charge < -0.3 is 14.6 Å². The minimum atomic E-state index is 0.216. The molecule has 0 spiro atoms. The molecule has 0 radical (unpaired) electrons. The summed E-state index contributed by atoms with van der Waals surface area (Å²) in [7, 11) is 0. The number of nitrogens with zero attached hydrogens (tertiary/aromatic N) is 3. The van der Waals surface area contributed by atoms with Crippen LogP contribution in [0, 0.1) is 18.8 Å². The van der Waals surface area contributed by atoms with Gasteiger partial charge in [-0.2, -0.15) is 0 Å². The van der Waals surface area contributed by atoms with Gasteiger partial charge in [0.1, 0.15) is 23.8 Å². The summed E-state index contributed by atoms with van der Waals surface area (Å²) in [6.07, 6.45) is 6.16. The van der Waals surface area contributed by atoms with Crippen LogP contribution in [0.3, 0.4) is 0 Å². The van der Waals surface area contributed by atoms with E-state index in [2.05, 4.69) is 64.2 Å². The molecule has 5 heteroatoms. The van der Waals surface area contributed by atoms with Crippen molar-refractivity contribution in [2.75, 3.05) is 6.54 Å². The van der Waals surface area contributed by atoms with Gasteiger partial charge >= 0.3 is 0 Å². The Bertz CT molecular complexity index is 1010. The molecular weight excluding hydrogens is 348 g/mol. The van der Waals surface area contributed by atoms with E-state index in [0.29, 0.717) is 17.9 Å². The van der Waals surface area contributed by atoms with E-state index >= 15 is 0 Å². The summed E-state index contributed by atoms with van der Waals surface area (Å²) in [5.41, 5.74) is 4.85. The summed E-state index contributed by atoms with van der Waals surface area (Å²) in [6, 6.07) is 9.05. The maximum atomic E-state index is 6.63. The number of fused-ring (bicyclic) bond motifs is 2. The molecule has 2 aliphatic rings. The van der Waals surface area contributed by atoms with Gasteiger partial charge in [-0.25, -0.2) is 9.97 Å². The van der Waals surface area contributed by atoms with E-state index < -0.39 is 0 Å². The lowest BCUT2D eigenvalue weighted by Crippen LogP contribution is -2.26. The highest BCUT2D eigenvalue weighted by Gasteiger charge is 2.41. The molecule has 28 heavy (non-hydrogen) atoms. The lowest BCUT2D eigenvalue weighted by molar-refractivity contribution is 0.153. The van der Waals surface area contributed by atoms with Crippen molar-refractivity contribution in [3.05, 3.63) is 53.6 Å². The largest absolute Gasteiger partial charge is 0.490 e. The Hall–Kier alpha value is -2.40. The number of hydrogen-bond donors (Lipinski definition) is 1. The van der Waals surface area contributed by atoms with Gasteiger partial charge in [0.25, 0.3) is 0 Å². The molecule has 1 fully saturated rings. The van der Waals surface area contributed by atoms with E-state index in [1.807, 2.05) is 6.92 Å². The van der Waals surface area contributed by atoms with Crippen LogP contribution in [0.1, 0.15) is 43.1 Å². The van der Waals surface area contributed by atoms with Crippen LogP contribution in [0.5, 0.6) is 5.75 Å². The van der Waals surface area contributed by atoms with Crippen molar-refractivity contribution < 1.29 is 4.74 Å². The first-order valence-electron chi connectivity index (χ1n) is 10.4. The van der Waals surface area contributed by atoms with Crippen molar-refractivity contribution in [2.45, 2.75) is 52.3 Å². The van der Waals surface area contributed by atoms with Gasteiger partial charge in [0.15, 0.2) is 0 Å². The zero-order chi connectivity index (χ0) is 19.3. The molecule has 1 aliphatic heterocycles. The van der Waals surface area contributed by atoms with Crippen molar-refractivity contribution in [3.8, 4) is 5.75 Å². The van der Waals surface area contributed by atoms with E-state index in [0.717, 1.165) is 48.4 Å². The summed E-state index contributed by atoms with van der Waals surface area (Å²) in [6.45, 7) is 8.68. The minimum absolute atomic E-state index is 0.216. The summed E-state index contributed by atoms with van der Waals surface area (Å²) >= 11 is 0. The summed E-state index contributed by atoms with van der Waals surface area (Å²) in [4.78, 5) is 8.91. The van der Waals surface area contributed by atoms with Crippen molar-refractivity contribution in [1.82, 2.24) is 19.9 Å². The number of nitrogens with one attached hydrogen (secondary N) is 1. The highest BCUT2D eigenvalue weighted by Crippen LogP contribution is 2.43. The average molecular weight is 377 g/mol. The van der Waals surface area contributed by atoms with Crippen LogP contribution in [-0.2, 0) is 13.0 Å². The molecule has 0 unspecified atom stereocenters. The molecule has 146 valence electrons. The van der Waals surface area contributed by atoms with Gasteiger partial charge in [0, 0.05) is 36.2 Å². The second-order valence-electron chi connectivity index (χ2n) is 8.42. The Morgan fingerprint density at radius 2 is 2.04 bits per heavy atom. The van der Waals surface area contributed by atoms with Crippen molar-refractivity contribution in [2.24, 2.45) is 11.8 Å². The number of ether oxygens (including phenoxy) is 1. The third-order valence-corrected chi connectivity index (χ3v) is 6.94. The average Bonchev–Trinajstić information content (AvgIpc) is 3.26. The molecule has 2 aromatic heterocycles. The monoisotopic (exact) mass is 376 g/mol. The maximum Gasteiger partial charge on any atom is 0.143 e. The van der Waals surface area contributed by atoms with Gasteiger partial charge in [-0.05, 0) is 49.4 Å². The molecule has 5 rings (SSSR count). The van der Waals surface area contributed by atoms with Gasteiger partial charge in [-0.3, -0.25) is 0 Å². The van der Waals surface area contributed by atoms with Crippen molar-refractivity contribution in [3.63, 3.8) is 0 Å². The van der Waals surface area contributed by atoms with E-state index in [4.69, 9.17) is 4.74 Å². The molecular formula is C23H28N4O. The van der Waals surface area contributed by atoms with Gasteiger partial charge in [0.05, 0.1) is 5.69 Å². The fourth-order valence-electron chi connectivity index (χ4n) is 5.00. The maximum absolute atomic E-state index is 6.63. The van der Waals surface area contributed by atoms with Crippen LogP contribution in [0.4, 0.5) is 0 Å². The standard InChI is InChI=1S/C23H28N4O/c1-14-15(2)22(28-21-6-4-5-17-7-9-24-12-19(17)21)11-20(14)27-10-8-18-16(3)25-13-26-23(18)27/h4-6,8,10,13-15,20,22,24H,7,9,11-12H2,1-3H3/t14-,15+,20-,22+/m1/s1. The van der Waals surface area contributed by atoms with Crippen LogP contribution < -0.4 is 10.1 Å². The first kappa shape index (κ1) is 17.7. The molecule has 1 saturated carbocycles. The number of rotatable bonds is 3. The van der Waals surface area contributed by atoms with Crippen LogP contribution >= 0.6 is 0 Å². The Kier molecular flexibility index (Phi) is 4.35. The van der Waals surface area contributed by atoms with E-state index in [-0.39, 0.29) is 6.10 Å². The fraction of sp³-hybridized carbons (Fsp3) is 0.478. The van der Waals surface area contributed by atoms with Crippen LogP contribution in [0.25, 0.3) is 11.0 Å². The molecule has 0 saturated heterocycles. The predicted molar refractivity (Wildman–Crippen MR) is 111 cm³/mol. The molecule has 0 amide bonds. The summed E-state index contributed by atoms with van der Waals surface area (Å²) in [5, 5.41) is 4.63. The topological polar surface area (TPSA) is 52.0 Å². The molecule has 1 aromatic carbocycles. The Balaban J connectivity index is 1.43. The zero-order valence-electron chi connectivity index (χ0n) is 16.9. The highest BCUT2D eigenvalue weighted by atomic mass is 16.5. The van der Waals surface area contributed by atoms with Gasteiger partial charge in [-0.1, -0.05) is 26.0 Å². The third-order valence-electron chi connectivity index (χ3n) is 6.94. The minimum Gasteiger partial charge on any atom is -0.490 e. The Morgan fingerprint density at radius 1 is 1.14 bits per heavy atom. The number of benzene rings is 1. The smallest absolute Gasteiger partial charge is 0.143 e. The molecule has 1 N–H and O–H groups in total. The molecule has 4 atom stereocenters. The molecule has 5 nitrogen and oxygen atoms in total. The first-order valence-corrected chi connectivity index (χ1v) is 10.4. The Labute approximate surface area is 166 Å².